The zero-order valence-corrected chi connectivity index (χ0v) is 15.0. The molecule has 23 heavy (non-hydrogen) atoms. The normalized spacial score (nSPS) is 27.4. The summed E-state index contributed by atoms with van der Waals surface area (Å²) < 4.78 is 33.2. The number of sulfonamides is 1. The molecule has 0 aromatic heterocycles. The average molecular weight is 338 g/mol. The Morgan fingerprint density at radius 1 is 1.13 bits per heavy atom. The van der Waals surface area contributed by atoms with Crippen LogP contribution in [0, 0.1) is 19.8 Å². The highest BCUT2D eigenvalue weighted by atomic mass is 32.2. The van der Waals surface area contributed by atoms with Crippen LogP contribution in [-0.4, -0.2) is 63.1 Å². The molecule has 0 amide bonds. The molecule has 0 bridgehead atoms. The summed E-state index contributed by atoms with van der Waals surface area (Å²) in [6, 6.07) is 5.93. The van der Waals surface area contributed by atoms with E-state index in [1.807, 2.05) is 26.0 Å². The van der Waals surface area contributed by atoms with Gasteiger partial charge in [-0.05, 0) is 37.0 Å². The van der Waals surface area contributed by atoms with Gasteiger partial charge < -0.3 is 4.74 Å². The molecule has 2 atom stereocenters. The fourth-order valence-corrected chi connectivity index (χ4v) is 5.48. The van der Waals surface area contributed by atoms with Crippen LogP contribution in [0.3, 0.4) is 0 Å². The molecule has 3 rings (SSSR count). The zero-order chi connectivity index (χ0) is 16.6. The van der Waals surface area contributed by atoms with Gasteiger partial charge in [-0.15, -0.1) is 0 Å². The minimum absolute atomic E-state index is 0.291. The van der Waals surface area contributed by atoms with Gasteiger partial charge in [0.1, 0.15) is 0 Å². The molecule has 2 aliphatic heterocycles. The van der Waals surface area contributed by atoms with E-state index in [0.717, 1.165) is 37.4 Å². The molecule has 0 saturated carbocycles. The van der Waals surface area contributed by atoms with Crippen molar-refractivity contribution in [3.63, 3.8) is 0 Å². The second-order valence-corrected chi connectivity index (χ2v) is 8.69. The number of hydrogen-bond donors (Lipinski definition) is 0. The quantitative estimate of drug-likeness (QED) is 0.841. The lowest BCUT2D eigenvalue weighted by atomic mass is 10.0. The summed E-state index contributed by atoms with van der Waals surface area (Å²) >= 11 is 0. The number of aryl methyl sites for hydroxylation is 2. The molecule has 2 fully saturated rings. The van der Waals surface area contributed by atoms with E-state index in [2.05, 4.69) is 11.8 Å². The predicted molar refractivity (Wildman–Crippen MR) is 90.0 cm³/mol. The molecule has 6 heteroatoms. The highest BCUT2D eigenvalue weighted by molar-refractivity contribution is 7.89. The number of benzene rings is 1. The molecule has 1 aromatic carbocycles. The van der Waals surface area contributed by atoms with Crippen molar-refractivity contribution in [1.82, 2.24) is 9.21 Å². The van der Waals surface area contributed by atoms with Crippen LogP contribution in [0.2, 0.25) is 0 Å². The Hall–Kier alpha value is -0.950. The van der Waals surface area contributed by atoms with Crippen molar-refractivity contribution in [1.29, 1.82) is 0 Å². The second-order valence-electron chi connectivity index (χ2n) is 6.78. The third-order valence-electron chi connectivity index (χ3n) is 5.02. The first kappa shape index (κ1) is 16.9. The SMILES string of the molecule is Cc1ccc(C)c(S(=O)(=O)N2CC(C)C(N3CCOCC3)C2)c1. The standard InChI is InChI=1S/C17H26N2O3S/c1-13-4-5-14(2)17(10-13)23(20,21)19-11-15(3)16(12-19)18-6-8-22-9-7-18/h4-5,10,15-16H,6-9,11-12H2,1-3H3. The van der Waals surface area contributed by atoms with Crippen LogP contribution < -0.4 is 0 Å². The Morgan fingerprint density at radius 3 is 2.52 bits per heavy atom. The summed E-state index contributed by atoms with van der Waals surface area (Å²) in [6.07, 6.45) is 0. The van der Waals surface area contributed by atoms with Crippen LogP contribution in [0.1, 0.15) is 18.1 Å². The summed E-state index contributed by atoms with van der Waals surface area (Å²) in [5.74, 6) is 0.341. The van der Waals surface area contributed by atoms with Gasteiger partial charge in [0.05, 0.1) is 18.1 Å². The van der Waals surface area contributed by atoms with E-state index in [1.54, 1.807) is 10.4 Å². The lowest BCUT2D eigenvalue weighted by molar-refractivity contribution is 0.0126. The number of hydrogen-bond acceptors (Lipinski definition) is 4. The van der Waals surface area contributed by atoms with Crippen molar-refractivity contribution >= 4 is 10.0 Å². The van der Waals surface area contributed by atoms with Crippen molar-refractivity contribution in [2.75, 3.05) is 39.4 Å². The van der Waals surface area contributed by atoms with Gasteiger partial charge in [0.25, 0.3) is 0 Å². The summed E-state index contributed by atoms with van der Waals surface area (Å²) in [4.78, 5) is 2.83. The summed E-state index contributed by atoms with van der Waals surface area (Å²) in [6.45, 7) is 10.4. The minimum Gasteiger partial charge on any atom is -0.379 e. The van der Waals surface area contributed by atoms with Gasteiger partial charge in [-0.3, -0.25) is 4.90 Å². The highest BCUT2D eigenvalue weighted by Crippen LogP contribution is 2.29. The second kappa shape index (κ2) is 6.51. The van der Waals surface area contributed by atoms with E-state index in [-0.39, 0.29) is 0 Å². The third kappa shape index (κ3) is 3.31. The Kier molecular flexibility index (Phi) is 4.78. The van der Waals surface area contributed by atoms with E-state index < -0.39 is 10.0 Å². The van der Waals surface area contributed by atoms with Crippen molar-refractivity contribution in [2.24, 2.45) is 5.92 Å². The fourth-order valence-electron chi connectivity index (χ4n) is 3.61. The van der Waals surface area contributed by atoms with Crippen LogP contribution in [0.25, 0.3) is 0 Å². The van der Waals surface area contributed by atoms with Gasteiger partial charge in [-0.1, -0.05) is 19.1 Å². The molecular formula is C17H26N2O3S. The number of morpholine rings is 1. The van der Waals surface area contributed by atoms with Gasteiger partial charge in [-0.2, -0.15) is 4.31 Å². The Balaban J connectivity index is 1.82. The van der Waals surface area contributed by atoms with Crippen molar-refractivity contribution < 1.29 is 13.2 Å². The number of nitrogens with zero attached hydrogens (tertiary/aromatic N) is 2. The fraction of sp³-hybridized carbons (Fsp3) is 0.647. The lowest BCUT2D eigenvalue weighted by Crippen LogP contribution is -2.47. The Labute approximate surface area is 139 Å². The van der Waals surface area contributed by atoms with Crippen LogP contribution in [0.5, 0.6) is 0 Å². The molecule has 2 heterocycles. The maximum atomic E-state index is 13.1. The molecule has 1 aromatic rings. The smallest absolute Gasteiger partial charge is 0.243 e. The molecule has 2 saturated heterocycles. The largest absolute Gasteiger partial charge is 0.379 e. The van der Waals surface area contributed by atoms with E-state index in [9.17, 15) is 8.42 Å². The zero-order valence-electron chi connectivity index (χ0n) is 14.2. The van der Waals surface area contributed by atoms with Crippen molar-refractivity contribution in [3.05, 3.63) is 29.3 Å². The first-order chi connectivity index (χ1) is 10.9. The van der Waals surface area contributed by atoms with Gasteiger partial charge in [0.15, 0.2) is 0 Å². The van der Waals surface area contributed by atoms with Crippen molar-refractivity contribution in [3.8, 4) is 0 Å². The molecule has 128 valence electrons. The van der Waals surface area contributed by atoms with E-state index in [4.69, 9.17) is 4.74 Å². The maximum Gasteiger partial charge on any atom is 0.243 e. The van der Waals surface area contributed by atoms with Crippen LogP contribution in [0.4, 0.5) is 0 Å². The molecule has 5 nitrogen and oxygen atoms in total. The minimum atomic E-state index is -3.42. The van der Waals surface area contributed by atoms with Crippen LogP contribution in [0.15, 0.2) is 23.1 Å². The number of rotatable bonds is 3. The van der Waals surface area contributed by atoms with E-state index in [0.29, 0.717) is 29.9 Å². The van der Waals surface area contributed by atoms with Crippen molar-refractivity contribution in [2.45, 2.75) is 31.7 Å². The lowest BCUT2D eigenvalue weighted by Gasteiger charge is -2.34. The molecular weight excluding hydrogens is 312 g/mol. The first-order valence-corrected chi connectivity index (χ1v) is 9.73. The Morgan fingerprint density at radius 2 is 1.83 bits per heavy atom. The highest BCUT2D eigenvalue weighted by Gasteiger charge is 2.40. The Bertz CT molecular complexity index is 668. The molecule has 2 unspecified atom stereocenters. The molecule has 0 aliphatic carbocycles. The van der Waals surface area contributed by atoms with E-state index >= 15 is 0 Å². The number of ether oxygens (including phenoxy) is 1. The monoisotopic (exact) mass is 338 g/mol. The summed E-state index contributed by atoms with van der Waals surface area (Å²) in [5, 5.41) is 0. The van der Waals surface area contributed by atoms with E-state index in [1.165, 1.54) is 0 Å². The topological polar surface area (TPSA) is 49.9 Å². The molecule has 2 aliphatic rings. The summed E-state index contributed by atoms with van der Waals surface area (Å²) in [7, 11) is -3.42. The predicted octanol–water partition coefficient (Wildman–Crippen LogP) is 1.64. The molecule has 0 N–H and O–H groups in total. The van der Waals surface area contributed by atoms with Gasteiger partial charge in [0, 0.05) is 32.2 Å². The third-order valence-corrected chi connectivity index (χ3v) is 6.99. The van der Waals surface area contributed by atoms with Gasteiger partial charge in [-0.25, -0.2) is 8.42 Å². The molecule has 0 radical (unpaired) electrons. The van der Waals surface area contributed by atoms with Crippen LogP contribution >= 0.6 is 0 Å². The first-order valence-electron chi connectivity index (χ1n) is 8.29. The van der Waals surface area contributed by atoms with Gasteiger partial charge in [0.2, 0.25) is 10.0 Å². The van der Waals surface area contributed by atoms with Gasteiger partial charge >= 0.3 is 0 Å². The average Bonchev–Trinajstić information content (AvgIpc) is 2.93. The maximum absolute atomic E-state index is 13.1. The summed E-state index contributed by atoms with van der Waals surface area (Å²) in [5.41, 5.74) is 1.80. The van der Waals surface area contributed by atoms with Crippen LogP contribution in [-0.2, 0) is 14.8 Å². The molecule has 0 spiro atoms.